The summed E-state index contributed by atoms with van der Waals surface area (Å²) in [5.74, 6) is 0.0101. The van der Waals surface area contributed by atoms with Crippen LogP contribution >= 0.6 is 0 Å². The predicted molar refractivity (Wildman–Crippen MR) is 97.3 cm³/mol. The summed E-state index contributed by atoms with van der Waals surface area (Å²) in [6.45, 7) is 4.48. The van der Waals surface area contributed by atoms with Crippen molar-refractivity contribution >= 4 is 5.91 Å². The van der Waals surface area contributed by atoms with E-state index in [9.17, 15) is 4.79 Å². The van der Waals surface area contributed by atoms with Crippen LogP contribution in [0.15, 0.2) is 36.4 Å². The molecule has 124 valence electrons. The van der Waals surface area contributed by atoms with E-state index in [-0.39, 0.29) is 5.91 Å². The van der Waals surface area contributed by atoms with Crippen molar-refractivity contribution in [1.82, 2.24) is 10.2 Å². The number of carbonyl (C=O) groups is 1. The first kappa shape index (κ1) is 15.4. The number of nitrogens with one attached hydrogen (secondary N) is 1. The van der Waals surface area contributed by atoms with Crippen LogP contribution in [0.25, 0.3) is 11.1 Å². The van der Waals surface area contributed by atoms with Gasteiger partial charge in [-0.2, -0.15) is 0 Å². The van der Waals surface area contributed by atoms with Gasteiger partial charge in [0.25, 0.3) is 5.91 Å². The SMILES string of the molecule is CCCN1CCc2ccc(C(=O)NC)c3c2C1Cc1ccccc1-3. The number of hydrogen-bond acceptors (Lipinski definition) is 2. The maximum Gasteiger partial charge on any atom is 0.251 e. The predicted octanol–water partition coefficient (Wildman–Crippen LogP) is 3.58. The molecule has 1 aliphatic heterocycles. The minimum atomic E-state index is 0.0101. The minimum absolute atomic E-state index is 0.0101. The number of nitrogens with zero attached hydrogens (tertiary/aromatic N) is 1. The summed E-state index contributed by atoms with van der Waals surface area (Å²) in [7, 11) is 1.71. The second kappa shape index (κ2) is 6.06. The molecule has 2 aromatic rings. The molecule has 0 bridgehead atoms. The molecule has 24 heavy (non-hydrogen) atoms. The second-order valence-electron chi connectivity index (χ2n) is 6.80. The Labute approximate surface area is 143 Å². The zero-order valence-corrected chi connectivity index (χ0v) is 14.4. The Bertz CT molecular complexity index is 796. The van der Waals surface area contributed by atoms with Crippen LogP contribution in [0.4, 0.5) is 0 Å². The van der Waals surface area contributed by atoms with E-state index in [2.05, 4.69) is 47.5 Å². The van der Waals surface area contributed by atoms with Gasteiger partial charge in [0, 0.05) is 25.2 Å². The van der Waals surface area contributed by atoms with Crippen molar-refractivity contribution in [3.05, 3.63) is 58.7 Å². The maximum absolute atomic E-state index is 12.5. The van der Waals surface area contributed by atoms with E-state index in [1.54, 1.807) is 7.05 Å². The summed E-state index contributed by atoms with van der Waals surface area (Å²) in [5.41, 5.74) is 7.40. The molecule has 1 aliphatic carbocycles. The number of carbonyl (C=O) groups excluding carboxylic acids is 1. The van der Waals surface area contributed by atoms with Gasteiger partial charge in [-0.25, -0.2) is 0 Å². The molecule has 1 unspecified atom stereocenters. The van der Waals surface area contributed by atoms with Crippen LogP contribution in [0.5, 0.6) is 0 Å². The third kappa shape index (κ3) is 2.27. The van der Waals surface area contributed by atoms with Crippen LogP contribution in [0.2, 0.25) is 0 Å². The number of benzene rings is 2. The van der Waals surface area contributed by atoms with Gasteiger partial charge in [0.05, 0.1) is 0 Å². The zero-order valence-electron chi connectivity index (χ0n) is 14.4. The fraction of sp³-hybridized carbons (Fsp3) is 0.381. The average molecular weight is 320 g/mol. The third-order valence-electron chi connectivity index (χ3n) is 5.46. The largest absolute Gasteiger partial charge is 0.355 e. The number of hydrogen-bond donors (Lipinski definition) is 1. The Morgan fingerprint density at radius 3 is 2.83 bits per heavy atom. The van der Waals surface area contributed by atoms with Gasteiger partial charge in [-0.1, -0.05) is 37.3 Å². The van der Waals surface area contributed by atoms with Crippen LogP contribution in [0.1, 0.15) is 46.4 Å². The fourth-order valence-electron chi connectivity index (χ4n) is 4.41. The summed E-state index contributed by atoms with van der Waals surface area (Å²) < 4.78 is 0. The summed E-state index contributed by atoms with van der Waals surface area (Å²) >= 11 is 0. The normalized spacial score (nSPS) is 18.7. The molecule has 0 fully saturated rings. The molecule has 0 radical (unpaired) electrons. The number of fused-ring (bicyclic) bond motifs is 2. The topological polar surface area (TPSA) is 32.3 Å². The number of amides is 1. The molecule has 0 saturated heterocycles. The zero-order chi connectivity index (χ0) is 16.7. The van der Waals surface area contributed by atoms with Crippen LogP contribution in [-0.2, 0) is 12.8 Å². The highest BCUT2D eigenvalue weighted by Crippen LogP contribution is 2.46. The Morgan fingerprint density at radius 2 is 2.04 bits per heavy atom. The second-order valence-corrected chi connectivity index (χ2v) is 6.80. The maximum atomic E-state index is 12.5. The highest BCUT2D eigenvalue weighted by Gasteiger charge is 2.35. The standard InChI is InChI=1S/C21H24N2O/c1-3-11-23-12-10-14-8-9-17(21(24)22-2)20-16-7-5-4-6-15(16)13-18(23)19(14)20/h4-9,18H,3,10-13H2,1-2H3,(H,22,24). The fourth-order valence-corrected chi connectivity index (χ4v) is 4.41. The van der Waals surface area contributed by atoms with Crippen LogP contribution in [-0.4, -0.2) is 30.9 Å². The monoisotopic (exact) mass is 320 g/mol. The van der Waals surface area contributed by atoms with E-state index in [0.29, 0.717) is 6.04 Å². The first-order valence-corrected chi connectivity index (χ1v) is 8.94. The molecule has 4 rings (SSSR count). The molecular weight excluding hydrogens is 296 g/mol. The molecular formula is C21H24N2O. The van der Waals surface area contributed by atoms with E-state index in [1.807, 2.05) is 6.07 Å². The van der Waals surface area contributed by atoms with Gasteiger partial charge >= 0.3 is 0 Å². The molecule has 2 aliphatic rings. The van der Waals surface area contributed by atoms with Gasteiger partial charge in [0.1, 0.15) is 0 Å². The van der Waals surface area contributed by atoms with Crippen molar-refractivity contribution in [2.45, 2.75) is 32.2 Å². The van der Waals surface area contributed by atoms with E-state index in [1.165, 1.54) is 27.8 Å². The summed E-state index contributed by atoms with van der Waals surface area (Å²) in [6.07, 6.45) is 3.29. The Balaban J connectivity index is 1.98. The molecule has 1 heterocycles. The van der Waals surface area contributed by atoms with Gasteiger partial charge in [-0.05, 0) is 59.7 Å². The van der Waals surface area contributed by atoms with Gasteiger partial charge in [0.15, 0.2) is 0 Å². The molecule has 0 aromatic heterocycles. The van der Waals surface area contributed by atoms with E-state index in [4.69, 9.17) is 0 Å². The average Bonchev–Trinajstić information content (AvgIpc) is 2.63. The lowest BCUT2D eigenvalue weighted by molar-refractivity contribution is 0.0963. The summed E-state index contributed by atoms with van der Waals surface area (Å²) in [5, 5.41) is 2.82. The highest BCUT2D eigenvalue weighted by atomic mass is 16.1. The smallest absolute Gasteiger partial charge is 0.251 e. The van der Waals surface area contributed by atoms with Gasteiger partial charge in [-0.15, -0.1) is 0 Å². The molecule has 2 aromatic carbocycles. The van der Waals surface area contributed by atoms with E-state index in [0.717, 1.165) is 37.9 Å². The van der Waals surface area contributed by atoms with Crippen molar-refractivity contribution in [2.24, 2.45) is 0 Å². The Hall–Kier alpha value is -2.13. The molecule has 1 amide bonds. The van der Waals surface area contributed by atoms with Crippen molar-refractivity contribution in [3.63, 3.8) is 0 Å². The van der Waals surface area contributed by atoms with E-state index < -0.39 is 0 Å². The van der Waals surface area contributed by atoms with Crippen LogP contribution in [0, 0.1) is 0 Å². The van der Waals surface area contributed by atoms with Crippen LogP contribution in [0.3, 0.4) is 0 Å². The lowest BCUT2D eigenvalue weighted by Gasteiger charge is -2.42. The molecule has 3 heteroatoms. The molecule has 3 nitrogen and oxygen atoms in total. The van der Waals surface area contributed by atoms with Gasteiger partial charge < -0.3 is 5.32 Å². The van der Waals surface area contributed by atoms with Crippen molar-refractivity contribution < 1.29 is 4.79 Å². The third-order valence-corrected chi connectivity index (χ3v) is 5.46. The molecule has 0 spiro atoms. The summed E-state index contributed by atoms with van der Waals surface area (Å²) in [4.78, 5) is 15.1. The lowest BCUT2D eigenvalue weighted by Crippen LogP contribution is -2.39. The van der Waals surface area contributed by atoms with Gasteiger partial charge in [0.2, 0.25) is 0 Å². The minimum Gasteiger partial charge on any atom is -0.355 e. The van der Waals surface area contributed by atoms with Crippen LogP contribution < -0.4 is 5.32 Å². The Morgan fingerprint density at radius 1 is 1.21 bits per heavy atom. The van der Waals surface area contributed by atoms with E-state index >= 15 is 0 Å². The molecule has 1 atom stereocenters. The van der Waals surface area contributed by atoms with Crippen molar-refractivity contribution in [2.75, 3.05) is 20.1 Å². The first-order valence-electron chi connectivity index (χ1n) is 8.94. The highest BCUT2D eigenvalue weighted by molar-refractivity contribution is 6.02. The molecule has 1 N–H and O–H groups in total. The molecule has 0 saturated carbocycles. The summed E-state index contributed by atoms with van der Waals surface area (Å²) in [6, 6.07) is 13.2. The lowest BCUT2D eigenvalue weighted by atomic mass is 9.75. The first-order chi connectivity index (χ1) is 11.7. The van der Waals surface area contributed by atoms with Gasteiger partial charge in [-0.3, -0.25) is 9.69 Å². The number of rotatable bonds is 3. The Kier molecular flexibility index (Phi) is 3.89. The van der Waals surface area contributed by atoms with Crippen molar-refractivity contribution in [1.29, 1.82) is 0 Å². The van der Waals surface area contributed by atoms with Crippen molar-refractivity contribution in [3.8, 4) is 11.1 Å². The quantitative estimate of drug-likeness (QED) is 0.937.